The van der Waals surface area contributed by atoms with Gasteiger partial charge in [0.15, 0.2) is 0 Å². The number of hydrogen-bond acceptors (Lipinski definition) is 3. The molecule has 2 aromatic carbocycles. The number of halogens is 2. The molecule has 0 aliphatic heterocycles. The Labute approximate surface area is 156 Å². The summed E-state index contributed by atoms with van der Waals surface area (Å²) in [5.74, 6) is 0.100. The number of hydrogen-bond donors (Lipinski definition) is 2. The van der Waals surface area contributed by atoms with Crippen molar-refractivity contribution in [3.8, 4) is 0 Å². The molecule has 6 heteroatoms. The molecular weight excluding hydrogens is 353 g/mol. The molecule has 0 fully saturated rings. The Hall–Kier alpha value is -2.92. The first-order valence-electron chi connectivity index (χ1n) is 8.11. The average Bonchev–Trinajstić information content (AvgIpc) is 2.66. The highest BCUT2D eigenvalue weighted by atomic mass is 35.5. The van der Waals surface area contributed by atoms with Crippen molar-refractivity contribution in [2.45, 2.75) is 6.42 Å². The molecule has 4 nitrogen and oxygen atoms in total. The first-order chi connectivity index (χ1) is 12.6. The molecule has 0 radical (unpaired) electrons. The number of pyridine rings is 1. The number of anilines is 2. The van der Waals surface area contributed by atoms with Crippen molar-refractivity contribution in [1.29, 1.82) is 0 Å². The van der Waals surface area contributed by atoms with Crippen LogP contribution in [0.2, 0.25) is 5.02 Å². The molecule has 0 unspecified atom stereocenters. The maximum atomic E-state index is 12.9. The molecule has 0 bridgehead atoms. The van der Waals surface area contributed by atoms with Crippen LogP contribution in [0.1, 0.15) is 15.9 Å². The van der Waals surface area contributed by atoms with E-state index in [0.717, 1.165) is 17.7 Å². The van der Waals surface area contributed by atoms with Crippen LogP contribution in [-0.4, -0.2) is 17.4 Å². The van der Waals surface area contributed by atoms with Crippen LogP contribution in [0.15, 0.2) is 66.9 Å². The highest BCUT2D eigenvalue weighted by molar-refractivity contribution is 6.30. The summed E-state index contributed by atoms with van der Waals surface area (Å²) in [7, 11) is 0. The maximum Gasteiger partial charge on any atom is 0.252 e. The lowest BCUT2D eigenvalue weighted by Crippen LogP contribution is -2.25. The van der Waals surface area contributed by atoms with Gasteiger partial charge in [0.2, 0.25) is 0 Å². The number of nitrogens with zero attached hydrogens (tertiary/aromatic N) is 1. The number of rotatable bonds is 6. The van der Waals surface area contributed by atoms with E-state index in [4.69, 9.17) is 11.6 Å². The molecule has 3 aromatic rings. The normalized spacial score (nSPS) is 10.4. The van der Waals surface area contributed by atoms with Crippen LogP contribution in [-0.2, 0) is 6.42 Å². The zero-order valence-electron chi connectivity index (χ0n) is 13.9. The van der Waals surface area contributed by atoms with Gasteiger partial charge in [0.05, 0.1) is 5.56 Å². The third-order valence-corrected chi connectivity index (χ3v) is 4.01. The summed E-state index contributed by atoms with van der Waals surface area (Å²) >= 11 is 5.85. The number of benzene rings is 2. The van der Waals surface area contributed by atoms with Crippen LogP contribution in [0.5, 0.6) is 0 Å². The fourth-order valence-electron chi connectivity index (χ4n) is 2.36. The van der Waals surface area contributed by atoms with Crippen LogP contribution < -0.4 is 10.6 Å². The van der Waals surface area contributed by atoms with Gasteiger partial charge in [-0.3, -0.25) is 4.79 Å². The van der Waals surface area contributed by atoms with Crippen LogP contribution in [0.25, 0.3) is 0 Å². The summed E-state index contributed by atoms with van der Waals surface area (Å²) < 4.78 is 12.9. The zero-order chi connectivity index (χ0) is 18.4. The van der Waals surface area contributed by atoms with Crippen molar-refractivity contribution in [2.24, 2.45) is 0 Å². The standard InChI is InChI=1S/C20H17ClFN3O/c21-16-4-1-14(2-5-16)11-12-23-20(26)15-3-10-19(24-13-15)25-18-8-6-17(22)7-9-18/h1-10,13H,11-12H2,(H,23,26)(H,24,25). The number of nitrogens with one attached hydrogen (secondary N) is 2. The molecule has 132 valence electrons. The van der Waals surface area contributed by atoms with E-state index in [2.05, 4.69) is 15.6 Å². The highest BCUT2D eigenvalue weighted by Crippen LogP contribution is 2.15. The molecule has 26 heavy (non-hydrogen) atoms. The Kier molecular flexibility index (Phi) is 5.81. The fourth-order valence-corrected chi connectivity index (χ4v) is 2.48. The van der Waals surface area contributed by atoms with Crippen molar-refractivity contribution in [2.75, 3.05) is 11.9 Å². The van der Waals surface area contributed by atoms with Gasteiger partial charge in [-0.1, -0.05) is 23.7 Å². The van der Waals surface area contributed by atoms with Gasteiger partial charge in [0, 0.05) is 23.5 Å². The first kappa shape index (κ1) is 17.9. The van der Waals surface area contributed by atoms with E-state index in [9.17, 15) is 9.18 Å². The monoisotopic (exact) mass is 369 g/mol. The molecule has 1 heterocycles. The second kappa shape index (κ2) is 8.45. The molecule has 0 aliphatic rings. The first-order valence-corrected chi connectivity index (χ1v) is 8.49. The van der Waals surface area contributed by atoms with Gasteiger partial charge in [-0.25, -0.2) is 9.37 Å². The Balaban J connectivity index is 1.51. The summed E-state index contributed by atoms with van der Waals surface area (Å²) in [5.41, 5.74) is 2.30. The van der Waals surface area contributed by atoms with Gasteiger partial charge in [0.1, 0.15) is 11.6 Å². The topological polar surface area (TPSA) is 54.0 Å². The van der Waals surface area contributed by atoms with Gasteiger partial charge in [-0.15, -0.1) is 0 Å². The van der Waals surface area contributed by atoms with Crippen molar-refractivity contribution in [3.63, 3.8) is 0 Å². The van der Waals surface area contributed by atoms with Gasteiger partial charge in [0.25, 0.3) is 5.91 Å². The molecule has 0 saturated heterocycles. The Morgan fingerprint density at radius 1 is 1.00 bits per heavy atom. The smallest absolute Gasteiger partial charge is 0.252 e. The van der Waals surface area contributed by atoms with Crippen molar-refractivity contribution in [3.05, 3.63) is 88.8 Å². The van der Waals surface area contributed by atoms with Crippen LogP contribution in [0, 0.1) is 5.82 Å². The van der Waals surface area contributed by atoms with E-state index < -0.39 is 0 Å². The third-order valence-electron chi connectivity index (χ3n) is 3.75. The summed E-state index contributed by atoms with van der Waals surface area (Å²) in [6.07, 6.45) is 2.23. The minimum absolute atomic E-state index is 0.181. The second-order valence-corrected chi connectivity index (χ2v) is 6.13. The molecule has 2 N–H and O–H groups in total. The number of amides is 1. The van der Waals surface area contributed by atoms with E-state index in [1.165, 1.54) is 18.3 Å². The zero-order valence-corrected chi connectivity index (χ0v) is 14.6. The molecule has 1 amide bonds. The van der Waals surface area contributed by atoms with Gasteiger partial charge in [-0.2, -0.15) is 0 Å². The highest BCUT2D eigenvalue weighted by Gasteiger charge is 2.06. The predicted octanol–water partition coefficient (Wildman–Crippen LogP) is 4.59. The lowest BCUT2D eigenvalue weighted by atomic mass is 10.1. The van der Waals surface area contributed by atoms with Crippen LogP contribution >= 0.6 is 11.6 Å². The van der Waals surface area contributed by atoms with Crippen LogP contribution in [0.4, 0.5) is 15.9 Å². The lowest BCUT2D eigenvalue weighted by molar-refractivity contribution is 0.0954. The van der Waals surface area contributed by atoms with Crippen molar-refractivity contribution < 1.29 is 9.18 Å². The molecule has 0 atom stereocenters. The Morgan fingerprint density at radius 2 is 1.73 bits per heavy atom. The SMILES string of the molecule is O=C(NCCc1ccc(Cl)cc1)c1ccc(Nc2ccc(F)cc2)nc1. The van der Waals surface area contributed by atoms with E-state index >= 15 is 0 Å². The summed E-state index contributed by atoms with van der Waals surface area (Å²) in [6, 6.07) is 16.9. The van der Waals surface area contributed by atoms with Crippen LogP contribution in [0.3, 0.4) is 0 Å². The minimum atomic E-state index is -0.297. The Bertz CT molecular complexity index is 865. The minimum Gasteiger partial charge on any atom is -0.352 e. The van der Waals surface area contributed by atoms with E-state index in [1.807, 2.05) is 24.3 Å². The van der Waals surface area contributed by atoms with Gasteiger partial charge < -0.3 is 10.6 Å². The number of aromatic nitrogens is 1. The van der Waals surface area contributed by atoms with Crippen molar-refractivity contribution >= 4 is 29.0 Å². The molecule has 1 aromatic heterocycles. The number of carbonyl (C=O) groups is 1. The predicted molar refractivity (Wildman–Crippen MR) is 101 cm³/mol. The summed E-state index contributed by atoms with van der Waals surface area (Å²) in [6.45, 7) is 0.524. The number of carbonyl (C=O) groups excluding carboxylic acids is 1. The summed E-state index contributed by atoms with van der Waals surface area (Å²) in [5, 5.41) is 6.60. The largest absolute Gasteiger partial charge is 0.352 e. The second-order valence-electron chi connectivity index (χ2n) is 5.70. The quantitative estimate of drug-likeness (QED) is 0.668. The van der Waals surface area contributed by atoms with E-state index in [0.29, 0.717) is 22.9 Å². The molecular formula is C20H17ClFN3O. The molecule has 0 saturated carbocycles. The fraction of sp³-hybridized carbons (Fsp3) is 0.100. The van der Waals surface area contributed by atoms with Gasteiger partial charge in [-0.05, 0) is 60.5 Å². The maximum absolute atomic E-state index is 12.9. The molecule has 0 aliphatic carbocycles. The molecule has 3 rings (SSSR count). The third kappa shape index (κ3) is 5.04. The van der Waals surface area contributed by atoms with Gasteiger partial charge >= 0.3 is 0 Å². The Morgan fingerprint density at radius 3 is 2.38 bits per heavy atom. The average molecular weight is 370 g/mol. The van der Waals surface area contributed by atoms with Crippen molar-refractivity contribution in [1.82, 2.24) is 10.3 Å². The summed E-state index contributed by atoms with van der Waals surface area (Å²) in [4.78, 5) is 16.4. The lowest BCUT2D eigenvalue weighted by Gasteiger charge is -2.08. The van der Waals surface area contributed by atoms with E-state index in [1.54, 1.807) is 24.3 Å². The van der Waals surface area contributed by atoms with E-state index in [-0.39, 0.29) is 11.7 Å². The molecule has 0 spiro atoms.